The summed E-state index contributed by atoms with van der Waals surface area (Å²) in [6.07, 6.45) is 1.77. The number of fused-ring (bicyclic) bond motifs is 1. The van der Waals surface area contributed by atoms with Crippen LogP contribution in [0.5, 0.6) is 0 Å². The van der Waals surface area contributed by atoms with E-state index in [0.717, 1.165) is 40.3 Å². The minimum absolute atomic E-state index is 0.110. The van der Waals surface area contributed by atoms with E-state index >= 15 is 0 Å². The number of nitrogens with zero attached hydrogens (tertiary/aromatic N) is 4. The molecule has 0 aliphatic carbocycles. The molecule has 3 heterocycles. The molecule has 1 amide bonds. The number of benzene rings is 2. The van der Waals surface area contributed by atoms with E-state index in [9.17, 15) is 4.79 Å². The van der Waals surface area contributed by atoms with Crippen molar-refractivity contribution in [2.75, 3.05) is 0 Å². The molecule has 1 N–H and O–H groups in total. The van der Waals surface area contributed by atoms with Gasteiger partial charge in [-0.25, -0.2) is 4.90 Å². The summed E-state index contributed by atoms with van der Waals surface area (Å²) in [5, 5.41) is 9.91. The van der Waals surface area contributed by atoms with Gasteiger partial charge in [0.05, 0.1) is 17.5 Å². The maximum Gasteiger partial charge on any atom is 0.283 e. The Morgan fingerprint density at radius 1 is 1.06 bits per heavy atom. The van der Waals surface area contributed by atoms with Crippen molar-refractivity contribution < 1.29 is 4.79 Å². The van der Waals surface area contributed by atoms with Gasteiger partial charge >= 0.3 is 0 Å². The van der Waals surface area contributed by atoms with Crippen LogP contribution in [0.1, 0.15) is 22.5 Å². The van der Waals surface area contributed by atoms with Crippen molar-refractivity contribution in [2.45, 2.75) is 19.6 Å². The van der Waals surface area contributed by atoms with Gasteiger partial charge in [-0.2, -0.15) is 9.39 Å². The van der Waals surface area contributed by atoms with Gasteiger partial charge in [-0.3, -0.25) is 10.2 Å². The third-order valence-corrected chi connectivity index (χ3v) is 7.32. The molecule has 3 aromatic rings. The summed E-state index contributed by atoms with van der Waals surface area (Å²) in [4.78, 5) is 18.7. The first-order valence-electron chi connectivity index (χ1n) is 10.4. The van der Waals surface area contributed by atoms with Gasteiger partial charge in [0.15, 0.2) is 5.17 Å². The number of hydrogen-bond acceptors (Lipinski definition) is 5. The third kappa shape index (κ3) is 4.07. The van der Waals surface area contributed by atoms with Crippen LogP contribution in [0.2, 0.25) is 0 Å². The summed E-state index contributed by atoms with van der Waals surface area (Å²) in [7, 11) is 0. The molecule has 0 spiro atoms. The first-order chi connectivity index (χ1) is 16.0. The molecular formula is C25H21N5OS2. The van der Waals surface area contributed by atoms with E-state index < -0.39 is 5.91 Å². The van der Waals surface area contributed by atoms with E-state index in [1.165, 1.54) is 17.3 Å². The fourth-order valence-corrected chi connectivity index (χ4v) is 5.68. The highest BCUT2D eigenvalue weighted by Gasteiger charge is 2.37. The Morgan fingerprint density at radius 2 is 1.76 bits per heavy atom. The van der Waals surface area contributed by atoms with Gasteiger partial charge in [-0.1, -0.05) is 60.3 Å². The van der Waals surface area contributed by atoms with Crippen LogP contribution in [0, 0.1) is 19.3 Å². The van der Waals surface area contributed by atoms with E-state index in [0.29, 0.717) is 10.3 Å². The van der Waals surface area contributed by atoms with Gasteiger partial charge in [-0.05, 0) is 49.2 Å². The van der Waals surface area contributed by atoms with Crippen molar-refractivity contribution in [3.05, 3.63) is 94.8 Å². The highest BCUT2D eigenvalue weighted by molar-refractivity contribution is 8.18. The van der Waals surface area contributed by atoms with Crippen LogP contribution in [0.25, 0.3) is 11.8 Å². The highest BCUT2D eigenvalue weighted by Crippen LogP contribution is 2.33. The van der Waals surface area contributed by atoms with E-state index in [4.69, 9.17) is 5.41 Å². The molecule has 164 valence electrons. The first kappa shape index (κ1) is 21.5. The lowest BCUT2D eigenvalue weighted by atomic mass is 10.1. The molecule has 6 nitrogen and oxygen atoms in total. The number of rotatable bonds is 4. The largest absolute Gasteiger partial charge is 0.318 e. The second kappa shape index (κ2) is 8.88. The molecule has 0 radical (unpaired) electrons. The molecular weight excluding hydrogens is 450 g/mol. The summed E-state index contributed by atoms with van der Waals surface area (Å²) < 4.78 is 6.61. The quantitative estimate of drug-likeness (QED) is 0.397. The molecule has 1 aromatic heterocycles. The Labute approximate surface area is 200 Å². The fourth-order valence-electron chi connectivity index (χ4n) is 3.88. The average molecular weight is 472 g/mol. The maximum atomic E-state index is 12.8. The molecule has 0 bridgehead atoms. The second-order valence-corrected chi connectivity index (χ2v) is 9.35. The van der Waals surface area contributed by atoms with Gasteiger partial charge in [0.2, 0.25) is 5.17 Å². The number of nitrogens with one attached hydrogen (secondary N) is 1. The zero-order valence-electron chi connectivity index (χ0n) is 18.1. The van der Waals surface area contributed by atoms with Gasteiger partial charge in [0.1, 0.15) is 5.84 Å². The summed E-state index contributed by atoms with van der Waals surface area (Å²) in [5.74, 6) is 0.425. The van der Waals surface area contributed by atoms with E-state index in [1.807, 2.05) is 56.3 Å². The van der Waals surface area contributed by atoms with Crippen LogP contribution >= 0.6 is 23.7 Å². The van der Waals surface area contributed by atoms with Crippen molar-refractivity contribution >= 4 is 51.9 Å². The predicted molar refractivity (Wildman–Crippen MR) is 138 cm³/mol. The fraction of sp³-hybridized carbons (Fsp3) is 0.120. The molecule has 5 rings (SSSR count). The van der Waals surface area contributed by atoms with Gasteiger partial charge in [0, 0.05) is 22.8 Å². The molecule has 2 aliphatic rings. The third-order valence-electron chi connectivity index (χ3n) is 5.49. The monoisotopic (exact) mass is 471 g/mol. The summed E-state index contributed by atoms with van der Waals surface area (Å²) in [5.41, 5.74) is 5.45. The Kier molecular flexibility index (Phi) is 5.78. The number of amides is 1. The number of carbonyl (C=O) groups is 1. The number of thioether (sulfide) groups is 1. The number of para-hydroxylation sites is 1. The van der Waals surface area contributed by atoms with Crippen molar-refractivity contribution in [1.82, 2.24) is 9.47 Å². The minimum atomic E-state index is -0.409. The lowest BCUT2D eigenvalue weighted by Crippen LogP contribution is -2.41. The first-order valence-corrected chi connectivity index (χ1v) is 12.2. The number of carbonyl (C=O) groups excluding carboxylic acids is 1. The van der Waals surface area contributed by atoms with Crippen LogP contribution in [0.3, 0.4) is 0 Å². The summed E-state index contributed by atoms with van der Waals surface area (Å²) >= 11 is 2.68. The number of aromatic nitrogens is 1. The molecule has 0 saturated carbocycles. The zero-order chi connectivity index (χ0) is 22.9. The number of hydrogen-bond donors (Lipinski definition) is 1. The molecule has 0 atom stereocenters. The Morgan fingerprint density at radius 3 is 2.48 bits per heavy atom. The molecule has 0 unspecified atom stereocenters. The van der Waals surface area contributed by atoms with Crippen LogP contribution in [0.15, 0.2) is 81.7 Å². The second-order valence-electron chi connectivity index (χ2n) is 7.68. The number of aliphatic imine (C=N–C) groups is 1. The van der Waals surface area contributed by atoms with E-state index in [2.05, 4.69) is 38.2 Å². The topological polar surface area (TPSA) is 73.8 Å². The molecule has 2 aromatic carbocycles. The van der Waals surface area contributed by atoms with E-state index in [-0.39, 0.29) is 11.4 Å². The normalized spacial score (nSPS) is 16.8. The van der Waals surface area contributed by atoms with E-state index in [1.54, 1.807) is 11.0 Å². The molecule has 0 fully saturated rings. The summed E-state index contributed by atoms with van der Waals surface area (Å²) in [6.45, 7) is 4.06. The SMILES string of the molecule is Cc1cc(C=C2C(=N)N3C(SCc4ccccc4)=NSC3=NC2=O)c(C)n1-c1ccccc1. The standard InChI is InChI=1S/C25H21N5OS2/c1-16-13-19(17(2)29(16)20-11-7-4-8-12-20)14-21-22(26)30-24(27-23(21)31)33-28-25(30)32-15-18-9-5-3-6-10-18/h3-14,26H,15H2,1-2H3. The highest BCUT2D eigenvalue weighted by atomic mass is 32.2. The Bertz CT molecular complexity index is 1340. The van der Waals surface area contributed by atoms with Gasteiger partial charge < -0.3 is 4.57 Å². The molecule has 8 heteroatoms. The molecule has 33 heavy (non-hydrogen) atoms. The Balaban J connectivity index is 1.44. The van der Waals surface area contributed by atoms with Crippen molar-refractivity contribution in [1.29, 1.82) is 5.41 Å². The van der Waals surface area contributed by atoms with Crippen LogP contribution in [-0.2, 0) is 10.5 Å². The number of amidine groups is 3. The maximum absolute atomic E-state index is 12.8. The summed E-state index contributed by atoms with van der Waals surface area (Å²) in [6, 6.07) is 22.2. The lowest BCUT2D eigenvalue weighted by Gasteiger charge is -2.24. The van der Waals surface area contributed by atoms with Crippen LogP contribution in [0.4, 0.5) is 0 Å². The zero-order valence-corrected chi connectivity index (χ0v) is 19.8. The van der Waals surface area contributed by atoms with Gasteiger partial charge in [-0.15, -0.1) is 0 Å². The van der Waals surface area contributed by atoms with Crippen molar-refractivity contribution in [3.8, 4) is 5.69 Å². The Hall–Kier alpha value is -3.36. The average Bonchev–Trinajstić information content (AvgIpc) is 3.36. The number of aryl methyl sites for hydroxylation is 1. The molecule has 0 saturated heterocycles. The van der Waals surface area contributed by atoms with Crippen molar-refractivity contribution in [2.24, 2.45) is 9.39 Å². The van der Waals surface area contributed by atoms with Crippen LogP contribution in [-0.4, -0.2) is 31.5 Å². The van der Waals surface area contributed by atoms with Gasteiger partial charge in [0.25, 0.3) is 5.91 Å². The minimum Gasteiger partial charge on any atom is -0.318 e. The smallest absolute Gasteiger partial charge is 0.283 e. The van der Waals surface area contributed by atoms with Crippen LogP contribution < -0.4 is 0 Å². The predicted octanol–water partition coefficient (Wildman–Crippen LogP) is 5.60. The van der Waals surface area contributed by atoms with Crippen molar-refractivity contribution in [3.63, 3.8) is 0 Å². The lowest BCUT2D eigenvalue weighted by molar-refractivity contribution is -0.114. The molecule has 2 aliphatic heterocycles.